The van der Waals surface area contributed by atoms with E-state index in [1.54, 1.807) is 7.05 Å². The zero-order valence-corrected chi connectivity index (χ0v) is 16.4. The fraction of sp³-hybridized carbons (Fsp3) is 0.737. The Morgan fingerprint density at radius 1 is 1.04 bits per heavy atom. The summed E-state index contributed by atoms with van der Waals surface area (Å²) in [6.45, 7) is 5.71. The molecular formula is C19H30N6O2. The molecule has 0 unspecified atom stereocenters. The predicted molar refractivity (Wildman–Crippen MR) is 106 cm³/mol. The molecule has 2 fully saturated rings. The van der Waals surface area contributed by atoms with Gasteiger partial charge in [-0.1, -0.05) is 0 Å². The fourth-order valence-electron chi connectivity index (χ4n) is 4.51. The topological polar surface area (TPSA) is 79.2 Å². The Morgan fingerprint density at radius 3 is 2.44 bits per heavy atom. The number of rotatable bonds is 5. The third kappa shape index (κ3) is 3.54. The van der Waals surface area contributed by atoms with Crippen LogP contribution in [-0.2, 0) is 14.1 Å². The molecule has 0 bridgehead atoms. The summed E-state index contributed by atoms with van der Waals surface area (Å²) in [7, 11) is 3.15. The first-order chi connectivity index (χ1) is 13.0. The van der Waals surface area contributed by atoms with Crippen LogP contribution in [-0.4, -0.2) is 56.7 Å². The van der Waals surface area contributed by atoms with Gasteiger partial charge in [-0.25, -0.2) is 4.79 Å². The number of aryl methyl sites for hydroxylation is 1. The van der Waals surface area contributed by atoms with Crippen molar-refractivity contribution in [3.8, 4) is 0 Å². The van der Waals surface area contributed by atoms with Crippen molar-refractivity contribution in [2.24, 2.45) is 20.0 Å². The van der Waals surface area contributed by atoms with Gasteiger partial charge in [0.2, 0.25) is 5.95 Å². The zero-order chi connectivity index (χ0) is 19.0. The number of piperidine rings is 1. The van der Waals surface area contributed by atoms with Gasteiger partial charge in [0.1, 0.15) is 0 Å². The van der Waals surface area contributed by atoms with Gasteiger partial charge in [0.05, 0.1) is 0 Å². The summed E-state index contributed by atoms with van der Waals surface area (Å²) in [5, 5.41) is 0. The summed E-state index contributed by atoms with van der Waals surface area (Å²) in [6.07, 6.45) is 7.66. The smallest absolute Gasteiger partial charge is 0.332 e. The first-order valence-electron chi connectivity index (χ1n) is 10.2. The molecule has 2 saturated heterocycles. The van der Waals surface area contributed by atoms with Gasteiger partial charge in [-0.2, -0.15) is 4.98 Å². The maximum Gasteiger partial charge on any atom is 0.332 e. The van der Waals surface area contributed by atoms with Gasteiger partial charge in [0.25, 0.3) is 5.56 Å². The van der Waals surface area contributed by atoms with Crippen LogP contribution in [0.2, 0.25) is 0 Å². The molecule has 0 aliphatic carbocycles. The molecule has 0 atom stereocenters. The van der Waals surface area contributed by atoms with Gasteiger partial charge in [-0.05, 0) is 64.1 Å². The molecule has 4 heterocycles. The van der Waals surface area contributed by atoms with Crippen molar-refractivity contribution < 1.29 is 0 Å². The molecule has 2 aromatic heterocycles. The highest BCUT2D eigenvalue weighted by atomic mass is 16.2. The second-order valence-corrected chi connectivity index (χ2v) is 8.09. The minimum absolute atomic E-state index is 0.316. The van der Waals surface area contributed by atoms with Gasteiger partial charge in [0.15, 0.2) is 11.2 Å². The number of hydrogen-bond donors (Lipinski definition) is 1. The predicted octanol–water partition coefficient (Wildman–Crippen LogP) is 1.05. The van der Waals surface area contributed by atoms with E-state index in [0.717, 1.165) is 36.4 Å². The van der Waals surface area contributed by atoms with Crippen LogP contribution in [0.5, 0.6) is 0 Å². The maximum absolute atomic E-state index is 12.3. The molecule has 0 spiro atoms. The number of imidazole rings is 1. The number of aromatic amines is 1. The number of nitrogens with zero attached hydrogens (tertiary/aromatic N) is 5. The van der Waals surface area contributed by atoms with Crippen molar-refractivity contribution in [2.75, 3.05) is 37.6 Å². The van der Waals surface area contributed by atoms with Crippen molar-refractivity contribution in [1.29, 1.82) is 0 Å². The molecule has 8 nitrogen and oxygen atoms in total. The number of H-pyrrole nitrogens is 1. The number of likely N-dealkylation sites (tertiary alicyclic amines) is 1. The minimum atomic E-state index is -0.345. The van der Waals surface area contributed by atoms with Crippen molar-refractivity contribution in [2.45, 2.75) is 38.5 Å². The number of aromatic nitrogens is 4. The van der Waals surface area contributed by atoms with Crippen molar-refractivity contribution >= 4 is 17.1 Å². The first kappa shape index (κ1) is 18.3. The van der Waals surface area contributed by atoms with E-state index in [9.17, 15) is 9.59 Å². The Kier molecular flexibility index (Phi) is 5.08. The Balaban J connectivity index is 1.38. The van der Waals surface area contributed by atoms with E-state index in [1.165, 1.54) is 56.9 Å². The van der Waals surface area contributed by atoms with Crippen LogP contribution in [0.15, 0.2) is 9.59 Å². The lowest BCUT2D eigenvalue weighted by molar-refractivity contribution is 0.299. The molecule has 0 amide bonds. The first-order valence-corrected chi connectivity index (χ1v) is 10.2. The molecule has 27 heavy (non-hydrogen) atoms. The van der Waals surface area contributed by atoms with Crippen LogP contribution in [0.3, 0.4) is 0 Å². The normalized spacial score (nSPS) is 19.4. The third-order valence-corrected chi connectivity index (χ3v) is 6.28. The average Bonchev–Trinajstić information content (AvgIpc) is 3.35. The lowest BCUT2D eigenvalue weighted by Gasteiger charge is -2.32. The van der Waals surface area contributed by atoms with Crippen molar-refractivity contribution in [3.05, 3.63) is 20.8 Å². The standard InChI is InChI=1S/C19H30N6O2/c1-22-16-15(17(26)23(2)19(22)27)20-18(21-16)25-12-7-14(8-13-25)6-5-11-24-9-3-4-10-24/h14H,3-13H2,1-2H3,(H,20,21). The second-order valence-electron chi connectivity index (χ2n) is 8.09. The summed E-state index contributed by atoms with van der Waals surface area (Å²) < 4.78 is 2.55. The fourth-order valence-corrected chi connectivity index (χ4v) is 4.51. The van der Waals surface area contributed by atoms with Crippen molar-refractivity contribution in [1.82, 2.24) is 24.0 Å². The average molecular weight is 374 g/mol. The highest BCUT2D eigenvalue weighted by Crippen LogP contribution is 2.25. The number of hydrogen-bond acceptors (Lipinski definition) is 5. The maximum atomic E-state index is 12.3. The minimum Gasteiger partial charge on any atom is -0.342 e. The highest BCUT2D eigenvalue weighted by molar-refractivity contribution is 5.72. The van der Waals surface area contributed by atoms with Gasteiger partial charge >= 0.3 is 5.69 Å². The van der Waals surface area contributed by atoms with Gasteiger partial charge in [0, 0.05) is 27.2 Å². The highest BCUT2D eigenvalue weighted by Gasteiger charge is 2.23. The van der Waals surface area contributed by atoms with Crippen LogP contribution >= 0.6 is 0 Å². The summed E-state index contributed by atoms with van der Waals surface area (Å²) in [6, 6.07) is 0. The number of nitrogens with one attached hydrogen (secondary N) is 1. The molecule has 2 aromatic rings. The van der Waals surface area contributed by atoms with Crippen LogP contribution in [0.25, 0.3) is 11.2 Å². The van der Waals surface area contributed by atoms with Crippen LogP contribution < -0.4 is 16.1 Å². The van der Waals surface area contributed by atoms with Crippen LogP contribution in [0.4, 0.5) is 5.95 Å². The summed E-state index contributed by atoms with van der Waals surface area (Å²) in [5.41, 5.74) is 0.180. The summed E-state index contributed by atoms with van der Waals surface area (Å²) >= 11 is 0. The Morgan fingerprint density at radius 2 is 1.74 bits per heavy atom. The molecule has 0 saturated carbocycles. The summed E-state index contributed by atoms with van der Waals surface area (Å²) in [4.78, 5) is 36.9. The molecule has 8 heteroatoms. The van der Waals surface area contributed by atoms with E-state index in [4.69, 9.17) is 0 Å². The molecular weight excluding hydrogens is 344 g/mol. The van der Waals surface area contributed by atoms with Gasteiger partial charge < -0.3 is 14.8 Å². The quantitative estimate of drug-likeness (QED) is 0.846. The van der Waals surface area contributed by atoms with E-state index >= 15 is 0 Å². The van der Waals surface area contributed by atoms with Crippen molar-refractivity contribution in [3.63, 3.8) is 0 Å². The molecule has 2 aliphatic heterocycles. The van der Waals surface area contributed by atoms with Crippen LogP contribution in [0, 0.1) is 5.92 Å². The SMILES string of the molecule is Cn1c(=O)c2[nH]c(N3CCC(CCCN4CCCC4)CC3)nc2n(C)c1=O. The molecule has 0 radical (unpaired) electrons. The third-order valence-electron chi connectivity index (χ3n) is 6.28. The van der Waals surface area contributed by atoms with E-state index < -0.39 is 0 Å². The monoisotopic (exact) mass is 374 g/mol. The Labute approximate surface area is 158 Å². The molecule has 148 valence electrons. The van der Waals surface area contributed by atoms with E-state index in [1.807, 2.05) is 0 Å². The molecule has 2 aliphatic rings. The number of anilines is 1. The summed E-state index contributed by atoms with van der Waals surface area (Å²) in [5.74, 6) is 1.49. The second kappa shape index (κ2) is 7.50. The Bertz CT molecular complexity index is 913. The van der Waals surface area contributed by atoms with E-state index in [2.05, 4.69) is 19.8 Å². The van der Waals surface area contributed by atoms with E-state index in [-0.39, 0.29) is 11.2 Å². The van der Waals surface area contributed by atoms with Gasteiger partial charge in [-0.15, -0.1) is 0 Å². The zero-order valence-electron chi connectivity index (χ0n) is 16.4. The van der Waals surface area contributed by atoms with E-state index in [0.29, 0.717) is 17.1 Å². The molecule has 0 aromatic carbocycles. The molecule has 1 N–H and O–H groups in total. The van der Waals surface area contributed by atoms with Crippen LogP contribution in [0.1, 0.15) is 38.5 Å². The lowest BCUT2D eigenvalue weighted by Crippen LogP contribution is -2.36. The Hall–Kier alpha value is -2.09. The largest absolute Gasteiger partial charge is 0.342 e. The van der Waals surface area contributed by atoms with Gasteiger partial charge in [-0.3, -0.25) is 13.9 Å². The molecule has 4 rings (SSSR count). The lowest BCUT2D eigenvalue weighted by atomic mass is 9.92. The number of fused-ring (bicyclic) bond motifs is 1.